The van der Waals surface area contributed by atoms with E-state index < -0.39 is 22.3 Å². The minimum atomic E-state index is -1.90. The van der Waals surface area contributed by atoms with E-state index in [0.717, 1.165) is 23.3 Å². The number of carbonyl (C=O) groups excluding carboxylic acids is 1. The summed E-state index contributed by atoms with van der Waals surface area (Å²) in [6.07, 6.45) is 5.34. The van der Waals surface area contributed by atoms with Gasteiger partial charge in [0.05, 0.1) is 22.3 Å². The number of nitrogens with two attached hydrogens (primary N) is 1. The molecule has 0 saturated carbocycles. The van der Waals surface area contributed by atoms with Crippen molar-refractivity contribution >= 4 is 44.6 Å². The summed E-state index contributed by atoms with van der Waals surface area (Å²) < 4.78 is 6.12. The molecule has 29 heavy (non-hydrogen) atoms. The average Bonchev–Trinajstić information content (AvgIpc) is 3.13. The quantitative estimate of drug-likeness (QED) is 0.744. The number of amides is 1. The van der Waals surface area contributed by atoms with Crippen molar-refractivity contribution < 1.29 is 9.53 Å². The van der Waals surface area contributed by atoms with Gasteiger partial charge in [-0.1, -0.05) is 69.6 Å². The Balaban J connectivity index is 2.23. The van der Waals surface area contributed by atoms with Crippen LogP contribution in [-0.4, -0.2) is 35.3 Å². The molecular formula is C23H31NO2Si3. The summed E-state index contributed by atoms with van der Waals surface area (Å²) in [7, 11) is -3.48. The van der Waals surface area contributed by atoms with Crippen molar-refractivity contribution in [3.05, 3.63) is 47.0 Å². The van der Waals surface area contributed by atoms with Gasteiger partial charge >= 0.3 is 0 Å². The highest BCUT2D eigenvalue weighted by molar-refractivity contribution is 7.74. The van der Waals surface area contributed by atoms with Crippen molar-refractivity contribution in [3.63, 3.8) is 0 Å². The molecule has 0 aromatic heterocycles. The minimum absolute atomic E-state index is 0.333. The van der Waals surface area contributed by atoms with Gasteiger partial charge in [-0.25, -0.2) is 0 Å². The molecule has 152 valence electrons. The van der Waals surface area contributed by atoms with Crippen LogP contribution in [0.2, 0.25) is 39.3 Å². The molecule has 2 N–H and O–H groups in total. The molecule has 1 heterocycles. The normalized spacial score (nSPS) is 19.7. The van der Waals surface area contributed by atoms with E-state index in [2.05, 4.69) is 75.7 Å². The third kappa shape index (κ3) is 2.49. The van der Waals surface area contributed by atoms with Crippen molar-refractivity contribution in [1.82, 2.24) is 0 Å². The Kier molecular flexibility index (Phi) is 4.42. The molecule has 6 heteroatoms. The molecule has 2 aromatic rings. The monoisotopic (exact) mass is 437 g/mol. The Morgan fingerprint density at radius 2 is 1.76 bits per heavy atom. The van der Waals surface area contributed by atoms with Crippen molar-refractivity contribution in [2.24, 2.45) is 5.73 Å². The van der Waals surface area contributed by atoms with Crippen molar-refractivity contribution in [2.75, 3.05) is 7.11 Å². The Bertz CT molecular complexity index is 1080. The molecule has 3 nitrogen and oxygen atoms in total. The highest BCUT2D eigenvalue weighted by Gasteiger charge is 2.60. The predicted octanol–water partition coefficient (Wildman–Crippen LogP) is 3.74. The molecular weight excluding hydrogens is 407 g/mol. The number of methoxy groups -OCH3 is 1. The van der Waals surface area contributed by atoms with Gasteiger partial charge in [-0.2, -0.15) is 0 Å². The number of ether oxygens (including phenoxy) is 1. The summed E-state index contributed by atoms with van der Waals surface area (Å²) in [5, 5.41) is 2.61. The second-order valence-electron chi connectivity index (χ2n) is 9.98. The first-order chi connectivity index (χ1) is 13.5. The number of hydrogen-bond donors (Lipinski definition) is 1. The van der Waals surface area contributed by atoms with E-state index in [1.54, 1.807) is 7.11 Å². The van der Waals surface area contributed by atoms with Crippen LogP contribution in [0.4, 0.5) is 0 Å². The molecule has 0 atom stereocenters. The van der Waals surface area contributed by atoms with Crippen molar-refractivity contribution in [2.45, 2.75) is 45.7 Å². The van der Waals surface area contributed by atoms with Gasteiger partial charge in [0, 0.05) is 12.7 Å². The highest BCUT2D eigenvalue weighted by Crippen LogP contribution is 2.42. The maximum atomic E-state index is 12.7. The van der Waals surface area contributed by atoms with Crippen LogP contribution < -0.4 is 20.8 Å². The zero-order valence-corrected chi connectivity index (χ0v) is 21.6. The summed E-state index contributed by atoms with van der Waals surface area (Å²) in [6, 6.07) is 8.54. The summed E-state index contributed by atoms with van der Waals surface area (Å²) in [4.78, 5) is 12.7. The topological polar surface area (TPSA) is 52.3 Å². The molecule has 4 rings (SSSR count). The van der Waals surface area contributed by atoms with Crippen molar-refractivity contribution in [1.29, 1.82) is 0 Å². The third-order valence-corrected chi connectivity index (χ3v) is 49.5. The number of fused-ring (bicyclic) bond motifs is 3. The van der Waals surface area contributed by atoms with Crippen LogP contribution in [0.15, 0.2) is 30.3 Å². The van der Waals surface area contributed by atoms with Crippen molar-refractivity contribution in [3.8, 4) is 16.9 Å². The molecule has 2 bridgehead atoms. The molecule has 0 unspecified atom stereocenters. The second-order valence-corrected chi connectivity index (χ2v) is 37.3. The fraction of sp³-hybridized carbons (Fsp3) is 0.348. The van der Waals surface area contributed by atoms with Gasteiger partial charge in [-0.3, -0.25) is 4.79 Å². The largest absolute Gasteiger partial charge is 0.497 e. The molecule has 1 aliphatic heterocycles. The van der Waals surface area contributed by atoms with Crippen LogP contribution in [0.5, 0.6) is 5.75 Å². The summed E-state index contributed by atoms with van der Waals surface area (Å²) in [5.74, 6) is 0.713. The van der Waals surface area contributed by atoms with Crippen LogP contribution in [0.1, 0.15) is 21.5 Å². The third-order valence-electron chi connectivity index (χ3n) is 8.26. The molecule has 2 aliphatic rings. The van der Waals surface area contributed by atoms with E-state index in [1.165, 1.54) is 21.5 Å². The van der Waals surface area contributed by atoms with Crippen LogP contribution in [0, 0.1) is 0 Å². The summed E-state index contributed by atoms with van der Waals surface area (Å²) in [5.41, 5.74) is 11.4. The first-order valence-corrected chi connectivity index (χ1v) is 21.3. The molecule has 0 saturated heterocycles. The maximum Gasteiger partial charge on any atom is 0.249 e. The molecule has 0 spiro atoms. The lowest BCUT2D eigenvalue weighted by Crippen LogP contribution is -2.82. The Morgan fingerprint density at radius 1 is 1.07 bits per heavy atom. The zero-order chi connectivity index (χ0) is 21.4. The van der Waals surface area contributed by atoms with Gasteiger partial charge < -0.3 is 10.5 Å². The zero-order valence-electron chi connectivity index (χ0n) is 18.6. The SMILES string of the molecule is COc1c2cc(C(N)=O)c(-c3cccc4c3C=CC4)c1[Si](C)(C)[Si](C)(C)[Si]2(C)C. The van der Waals surface area contributed by atoms with Gasteiger partial charge in [0.15, 0.2) is 0 Å². The Labute approximate surface area is 176 Å². The predicted molar refractivity (Wildman–Crippen MR) is 131 cm³/mol. The first kappa shape index (κ1) is 20.4. The maximum absolute atomic E-state index is 12.7. The molecule has 2 aromatic carbocycles. The molecule has 1 aliphatic carbocycles. The van der Waals surface area contributed by atoms with Gasteiger partial charge in [0.1, 0.15) is 5.75 Å². The number of rotatable bonds is 3. The van der Waals surface area contributed by atoms with Crippen LogP contribution in [-0.2, 0) is 6.42 Å². The standard InChI is InChI=1S/C23H31NO2Si3/c1-26-21-19-14-18(23(24)25)20(17-13-9-11-15-10-8-12-16(15)17)22(21)28(4,5)29(6,7)27(19,2)3/h8-9,11-14H,10H2,1-7H3,(H2,24,25). The fourth-order valence-electron chi connectivity index (χ4n) is 5.35. The van der Waals surface area contributed by atoms with Gasteiger partial charge in [0.25, 0.3) is 0 Å². The lowest BCUT2D eigenvalue weighted by molar-refractivity contribution is 0.100. The summed E-state index contributed by atoms with van der Waals surface area (Å²) in [6.45, 7) is 15.1. The number of benzene rings is 2. The molecule has 1 amide bonds. The van der Waals surface area contributed by atoms with Crippen LogP contribution >= 0.6 is 0 Å². The van der Waals surface area contributed by atoms with E-state index >= 15 is 0 Å². The van der Waals surface area contributed by atoms with Gasteiger partial charge in [-0.15, -0.1) is 0 Å². The smallest absolute Gasteiger partial charge is 0.249 e. The van der Waals surface area contributed by atoms with E-state index in [9.17, 15) is 4.79 Å². The van der Waals surface area contributed by atoms with Crippen LogP contribution in [0.3, 0.4) is 0 Å². The molecule has 0 radical (unpaired) electrons. The van der Waals surface area contributed by atoms with E-state index in [4.69, 9.17) is 10.5 Å². The Morgan fingerprint density at radius 3 is 2.38 bits per heavy atom. The first-order valence-electron chi connectivity index (χ1n) is 10.3. The lowest BCUT2D eigenvalue weighted by Gasteiger charge is -2.54. The van der Waals surface area contributed by atoms with E-state index in [1.807, 2.05) is 0 Å². The van der Waals surface area contributed by atoms with E-state index in [0.29, 0.717) is 5.56 Å². The number of carbonyl (C=O) groups is 1. The van der Waals surface area contributed by atoms with Gasteiger partial charge in [0.2, 0.25) is 5.91 Å². The van der Waals surface area contributed by atoms with E-state index in [-0.39, 0.29) is 5.91 Å². The highest BCUT2D eigenvalue weighted by atomic mass is 29.6. The second kappa shape index (κ2) is 6.30. The number of hydrogen-bond acceptors (Lipinski definition) is 2. The van der Waals surface area contributed by atoms with Crippen LogP contribution in [0.25, 0.3) is 17.2 Å². The Hall–Kier alpha value is -1.90. The fourth-order valence-corrected chi connectivity index (χ4v) is 37.6. The molecule has 0 fully saturated rings. The lowest BCUT2D eigenvalue weighted by atomic mass is 9.93. The summed E-state index contributed by atoms with van der Waals surface area (Å²) >= 11 is 0. The average molecular weight is 438 g/mol. The minimum Gasteiger partial charge on any atom is -0.497 e. The number of primary amides is 1. The van der Waals surface area contributed by atoms with Gasteiger partial charge in [-0.05, 0) is 45.1 Å². The number of allylic oxidation sites excluding steroid dienone is 1.